The third-order valence-corrected chi connectivity index (χ3v) is 5.77. The van der Waals surface area contributed by atoms with E-state index in [9.17, 15) is 8.78 Å². The van der Waals surface area contributed by atoms with E-state index >= 15 is 0 Å². The zero-order valence-electron chi connectivity index (χ0n) is 17.4. The Hall–Kier alpha value is -3.00. The monoisotopic (exact) mass is 423 g/mol. The third-order valence-electron chi connectivity index (χ3n) is 5.77. The molecular formula is C23H23F2N5O. The zero-order valence-corrected chi connectivity index (χ0v) is 17.4. The molecule has 5 rings (SSSR count). The summed E-state index contributed by atoms with van der Waals surface area (Å²) in [4.78, 5) is 18.9. The van der Waals surface area contributed by atoms with E-state index in [0.717, 1.165) is 17.5 Å². The van der Waals surface area contributed by atoms with E-state index < -0.39 is 11.6 Å². The molecule has 31 heavy (non-hydrogen) atoms. The smallest absolute Gasteiger partial charge is 0.197 e. The van der Waals surface area contributed by atoms with Gasteiger partial charge in [0.2, 0.25) is 0 Å². The molecule has 8 heteroatoms. The van der Waals surface area contributed by atoms with Crippen molar-refractivity contribution in [2.75, 3.05) is 18.0 Å². The van der Waals surface area contributed by atoms with Gasteiger partial charge in [-0.25, -0.2) is 28.7 Å². The van der Waals surface area contributed by atoms with Crippen LogP contribution in [0.4, 0.5) is 14.5 Å². The molecule has 2 atom stereocenters. The van der Waals surface area contributed by atoms with E-state index in [-0.39, 0.29) is 24.0 Å². The first kappa shape index (κ1) is 19.9. The molecule has 0 radical (unpaired) electrons. The SMILES string of the molecule is CC(C)OC1CN(c2cc([C@@H]3C[C@H]3c3cnc(-c4ncccn4)nc3)cc(F)c2F)C1. The molecule has 2 aliphatic rings. The number of halogens is 2. The van der Waals surface area contributed by atoms with Gasteiger partial charge in [-0.2, -0.15) is 0 Å². The van der Waals surface area contributed by atoms with Crippen LogP contribution in [0.1, 0.15) is 43.2 Å². The van der Waals surface area contributed by atoms with Crippen molar-refractivity contribution in [3.8, 4) is 11.6 Å². The van der Waals surface area contributed by atoms with Crippen LogP contribution in [0.25, 0.3) is 11.6 Å². The van der Waals surface area contributed by atoms with Gasteiger partial charge in [-0.3, -0.25) is 0 Å². The number of benzene rings is 1. The van der Waals surface area contributed by atoms with Crippen LogP contribution in [0, 0.1) is 11.6 Å². The Morgan fingerprint density at radius 3 is 2.26 bits per heavy atom. The van der Waals surface area contributed by atoms with Gasteiger partial charge in [0.05, 0.1) is 17.9 Å². The van der Waals surface area contributed by atoms with E-state index in [1.807, 2.05) is 18.7 Å². The summed E-state index contributed by atoms with van der Waals surface area (Å²) in [6, 6.07) is 4.83. The summed E-state index contributed by atoms with van der Waals surface area (Å²) in [5, 5.41) is 0. The summed E-state index contributed by atoms with van der Waals surface area (Å²) in [7, 11) is 0. The highest BCUT2D eigenvalue weighted by molar-refractivity contribution is 5.55. The highest BCUT2D eigenvalue weighted by Gasteiger charge is 2.41. The van der Waals surface area contributed by atoms with Crippen molar-refractivity contribution in [2.24, 2.45) is 0 Å². The molecule has 0 amide bonds. The molecule has 0 bridgehead atoms. The molecule has 1 aliphatic carbocycles. The Morgan fingerprint density at radius 1 is 0.935 bits per heavy atom. The van der Waals surface area contributed by atoms with Crippen LogP contribution in [0.5, 0.6) is 0 Å². The fourth-order valence-corrected chi connectivity index (χ4v) is 4.14. The van der Waals surface area contributed by atoms with Crippen LogP contribution in [0.2, 0.25) is 0 Å². The number of aromatic nitrogens is 4. The maximum absolute atomic E-state index is 14.5. The molecule has 2 fully saturated rings. The van der Waals surface area contributed by atoms with Crippen LogP contribution < -0.4 is 4.90 Å². The fraction of sp³-hybridized carbons (Fsp3) is 0.391. The van der Waals surface area contributed by atoms with Gasteiger partial charge in [0.15, 0.2) is 23.3 Å². The number of hydrogen-bond acceptors (Lipinski definition) is 6. The molecule has 3 aromatic rings. The number of anilines is 1. The van der Waals surface area contributed by atoms with Gasteiger partial charge in [0, 0.05) is 37.9 Å². The second-order valence-electron chi connectivity index (χ2n) is 8.41. The third kappa shape index (κ3) is 3.99. The van der Waals surface area contributed by atoms with Gasteiger partial charge in [0.25, 0.3) is 0 Å². The van der Waals surface area contributed by atoms with Gasteiger partial charge >= 0.3 is 0 Å². The standard InChI is InChI=1S/C23H23F2N5O/c1-13(2)31-16-11-30(12-16)20-7-14(6-19(24)21(20)25)17-8-18(17)15-9-28-23(29-10-15)22-26-4-3-5-27-22/h3-7,9-10,13,16-18H,8,11-12H2,1-2H3/t17-,18-/m0/s1. The summed E-state index contributed by atoms with van der Waals surface area (Å²) in [5.41, 5.74) is 2.10. The number of nitrogens with zero attached hydrogens (tertiary/aromatic N) is 5. The average molecular weight is 423 g/mol. The highest BCUT2D eigenvalue weighted by atomic mass is 19.2. The topological polar surface area (TPSA) is 64.0 Å². The molecular weight excluding hydrogens is 400 g/mol. The quantitative estimate of drug-likeness (QED) is 0.595. The maximum atomic E-state index is 14.5. The highest BCUT2D eigenvalue weighted by Crippen LogP contribution is 2.55. The lowest BCUT2D eigenvalue weighted by atomic mass is 10.0. The summed E-state index contributed by atoms with van der Waals surface area (Å²) >= 11 is 0. The predicted molar refractivity (Wildman–Crippen MR) is 112 cm³/mol. The molecule has 160 valence electrons. The molecule has 3 heterocycles. The molecule has 1 saturated carbocycles. The van der Waals surface area contributed by atoms with Crippen LogP contribution in [0.3, 0.4) is 0 Å². The van der Waals surface area contributed by atoms with Crippen LogP contribution in [-0.2, 0) is 4.74 Å². The first-order valence-electron chi connectivity index (χ1n) is 10.5. The minimum atomic E-state index is -0.806. The minimum Gasteiger partial charge on any atom is -0.372 e. The number of ether oxygens (including phenoxy) is 1. The number of hydrogen-bond donors (Lipinski definition) is 0. The van der Waals surface area contributed by atoms with E-state index in [1.54, 1.807) is 36.9 Å². The van der Waals surface area contributed by atoms with Gasteiger partial charge in [-0.1, -0.05) is 0 Å². The molecule has 2 aromatic heterocycles. The van der Waals surface area contributed by atoms with Crippen LogP contribution >= 0.6 is 0 Å². The van der Waals surface area contributed by atoms with Crippen molar-refractivity contribution in [1.82, 2.24) is 19.9 Å². The van der Waals surface area contributed by atoms with Crippen LogP contribution in [0.15, 0.2) is 43.0 Å². The maximum Gasteiger partial charge on any atom is 0.197 e. The Kier molecular flexibility index (Phi) is 5.09. The first-order valence-corrected chi connectivity index (χ1v) is 10.5. The molecule has 1 aliphatic heterocycles. The molecule has 1 aromatic carbocycles. The fourth-order valence-electron chi connectivity index (χ4n) is 4.14. The Morgan fingerprint density at radius 2 is 1.58 bits per heavy atom. The summed E-state index contributed by atoms with van der Waals surface area (Å²) in [6.07, 6.45) is 7.87. The van der Waals surface area contributed by atoms with Gasteiger partial charge in [-0.15, -0.1) is 0 Å². The van der Waals surface area contributed by atoms with E-state index in [2.05, 4.69) is 19.9 Å². The lowest BCUT2D eigenvalue weighted by molar-refractivity contribution is -0.00742. The lowest BCUT2D eigenvalue weighted by Crippen LogP contribution is -2.53. The van der Waals surface area contributed by atoms with E-state index in [0.29, 0.717) is 30.4 Å². The van der Waals surface area contributed by atoms with E-state index in [1.165, 1.54) is 6.07 Å². The van der Waals surface area contributed by atoms with Crippen molar-refractivity contribution in [2.45, 2.75) is 44.3 Å². The predicted octanol–water partition coefficient (Wildman–Crippen LogP) is 4.10. The Labute approximate surface area is 179 Å². The van der Waals surface area contributed by atoms with Crippen molar-refractivity contribution >= 4 is 5.69 Å². The molecule has 0 spiro atoms. The van der Waals surface area contributed by atoms with Crippen LogP contribution in [-0.4, -0.2) is 45.2 Å². The van der Waals surface area contributed by atoms with Crippen molar-refractivity contribution in [3.05, 3.63) is 65.7 Å². The first-order chi connectivity index (χ1) is 15.0. The van der Waals surface area contributed by atoms with Crippen molar-refractivity contribution < 1.29 is 13.5 Å². The lowest BCUT2D eigenvalue weighted by Gasteiger charge is -2.41. The Balaban J connectivity index is 1.30. The molecule has 0 unspecified atom stereocenters. The second kappa shape index (κ2) is 7.92. The van der Waals surface area contributed by atoms with Gasteiger partial charge < -0.3 is 9.64 Å². The van der Waals surface area contributed by atoms with Crippen molar-refractivity contribution in [1.29, 1.82) is 0 Å². The largest absolute Gasteiger partial charge is 0.372 e. The normalized spacial score (nSPS) is 20.7. The molecule has 0 N–H and O–H groups in total. The molecule has 1 saturated heterocycles. The van der Waals surface area contributed by atoms with Gasteiger partial charge in [-0.05, 0) is 61.4 Å². The zero-order chi connectivity index (χ0) is 21.5. The summed E-state index contributed by atoms with van der Waals surface area (Å²) in [6.45, 7) is 5.09. The summed E-state index contributed by atoms with van der Waals surface area (Å²) < 4.78 is 34.6. The second-order valence-corrected chi connectivity index (χ2v) is 8.41. The Bertz CT molecular complexity index is 1070. The van der Waals surface area contributed by atoms with Crippen molar-refractivity contribution in [3.63, 3.8) is 0 Å². The van der Waals surface area contributed by atoms with Gasteiger partial charge in [0.1, 0.15) is 0 Å². The minimum absolute atomic E-state index is 0.0593. The summed E-state index contributed by atoms with van der Waals surface area (Å²) in [5.74, 6) is -0.343. The number of rotatable bonds is 6. The average Bonchev–Trinajstić information content (AvgIpc) is 3.54. The van der Waals surface area contributed by atoms with E-state index in [4.69, 9.17) is 4.74 Å². The molecule has 6 nitrogen and oxygen atoms in total.